The van der Waals surface area contributed by atoms with E-state index in [4.69, 9.17) is 11.6 Å². The largest absolute Gasteiger partial charge is 0.339 e. The summed E-state index contributed by atoms with van der Waals surface area (Å²) in [5.74, 6) is -0.139. The predicted molar refractivity (Wildman–Crippen MR) is 121 cm³/mol. The molecule has 1 N–H and O–H groups in total. The van der Waals surface area contributed by atoms with Gasteiger partial charge in [0.2, 0.25) is 11.8 Å². The molecule has 0 radical (unpaired) electrons. The van der Waals surface area contributed by atoms with Gasteiger partial charge in [0.25, 0.3) is 0 Å². The molecule has 0 aliphatic carbocycles. The first kappa shape index (κ1) is 22.3. The van der Waals surface area contributed by atoms with E-state index in [1.807, 2.05) is 17.0 Å². The number of anilines is 1. The van der Waals surface area contributed by atoms with E-state index in [2.05, 4.69) is 41.4 Å². The molecular weight excluding hydrogens is 400 g/mol. The Kier molecular flexibility index (Phi) is 7.85. The summed E-state index contributed by atoms with van der Waals surface area (Å²) in [6.07, 6.45) is 0. The summed E-state index contributed by atoms with van der Waals surface area (Å²) in [5.41, 5.74) is 3.15. The molecule has 2 aromatic rings. The van der Waals surface area contributed by atoms with Crippen LogP contribution < -0.4 is 5.32 Å². The molecule has 7 heteroatoms. The molecule has 30 heavy (non-hydrogen) atoms. The summed E-state index contributed by atoms with van der Waals surface area (Å²) in [4.78, 5) is 30.8. The van der Waals surface area contributed by atoms with Gasteiger partial charge in [0.1, 0.15) is 0 Å². The second-order valence-electron chi connectivity index (χ2n) is 7.85. The number of nitrogens with one attached hydrogen (secondary N) is 1. The fraction of sp³-hybridized carbons (Fsp3) is 0.391. The Bertz CT molecular complexity index is 881. The maximum Gasteiger partial charge on any atom is 0.238 e. The fourth-order valence-electron chi connectivity index (χ4n) is 3.61. The number of aryl methyl sites for hydroxylation is 1. The predicted octanol–water partition coefficient (Wildman–Crippen LogP) is 2.86. The number of likely N-dealkylation sites (N-methyl/N-ethyl adjacent to an activating group) is 1. The summed E-state index contributed by atoms with van der Waals surface area (Å²) in [6.45, 7) is 6.50. The van der Waals surface area contributed by atoms with Crippen molar-refractivity contribution >= 4 is 29.1 Å². The molecular formula is C23H29ClN4O2. The molecule has 160 valence electrons. The van der Waals surface area contributed by atoms with Crippen molar-refractivity contribution in [3.05, 3.63) is 64.7 Å². The van der Waals surface area contributed by atoms with Crippen LogP contribution in [0, 0.1) is 6.92 Å². The third kappa shape index (κ3) is 6.55. The Morgan fingerprint density at radius 1 is 1.03 bits per heavy atom. The molecule has 0 unspecified atom stereocenters. The summed E-state index contributed by atoms with van der Waals surface area (Å²) in [7, 11) is 1.78. The first-order valence-electron chi connectivity index (χ1n) is 10.2. The smallest absolute Gasteiger partial charge is 0.238 e. The van der Waals surface area contributed by atoms with Crippen LogP contribution in [0.2, 0.25) is 5.02 Å². The number of para-hydroxylation sites is 1. The van der Waals surface area contributed by atoms with Gasteiger partial charge in [-0.3, -0.25) is 19.4 Å². The van der Waals surface area contributed by atoms with Crippen LogP contribution in [0.3, 0.4) is 0 Å². The van der Waals surface area contributed by atoms with Gasteiger partial charge in [-0.2, -0.15) is 0 Å². The van der Waals surface area contributed by atoms with Crippen molar-refractivity contribution in [2.45, 2.75) is 13.5 Å². The SMILES string of the molecule is Cc1cccc(CN2CCN(C(=O)CN(C)CC(=O)Nc3ccccc3Cl)CC2)c1. The molecule has 0 bridgehead atoms. The van der Waals surface area contributed by atoms with E-state index in [0.717, 1.165) is 19.6 Å². The first-order chi connectivity index (χ1) is 14.4. The summed E-state index contributed by atoms with van der Waals surface area (Å²) < 4.78 is 0. The van der Waals surface area contributed by atoms with Gasteiger partial charge in [-0.15, -0.1) is 0 Å². The van der Waals surface area contributed by atoms with E-state index < -0.39 is 0 Å². The van der Waals surface area contributed by atoms with Crippen LogP contribution in [-0.4, -0.2) is 72.8 Å². The standard InChI is InChI=1S/C23H29ClN4O2/c1-18-6-5-7-19(14-18)15-27-10-12-28(13-11-27)23(30)17-26(2)16-22(29)25-21-9-4-3-8-20(21)24/h3-9,14H,10-13,15-17H2,1-2H3,(H,25,29). The van der Waals surface area contributed by atoms with Crippen molar-refractivity contribution in [1.29, 1.82) is 0 Å². The quantitative estimate of drug-likeness (QED) is 0.736. The minimum absolute atomic E-state index is 0.0539. The Morgan fingerprint density at radius 2 is 1.77 bits per heavy atom. The Morgan fingerprint density at radius 3 is 2.47 bits per heavy atom. The number of amides is 2. The summed E-state index contributed by atoms with van der Waals surface area (Å²) in [5, 5.41) is 3.28. The van der Waals surface area contributed by atoms with Gasteiger partial charge < -0.3 is 10.2 Å². The lowest BCUT2D eigenvalue weighted by atomic mass is 10.1. The number of hydrogen-bond donors (Lipinski definition) is 1. The lowest BCUT2D eigenvalue weighted by Gasteiger charge is -2.35. The zero-order valence-corrected chi connectivity index (χ0v) is 18.4. The van der Waals surface area contributed by atoms with Crippen LogP contribution in [0.15, 0.2) is 48.5 Å². The van der Waals surface area contributed by atoms with E-state index in [9.17, 15) is 9.59 Å². The Balaban J connectivity index is 1.40. The molecule has 0 atom stereocenters. The van der Waals surface area contributed by atoms with Gasteiger partial charge >= 0.3 is 0 Å². The normalized spacial score (nSPS) is 14.7. The lowest BCUT2D eigenvalue weighted by Crippen LogP contribution is -2.51. The molecule has 6 nitrogen and oxygen atoms in total. The third-order valence-electron chi connectivity index (χ3n) is 5.18. The van der Waals surface area contributed by atoms with Crippen LogP contribution in [0.5, 0.6) is 0 Å². The van der Waals surface area contributed by atoms with Crippen LogP contribution in [0.25, 0.3) is 0 Å². The topological polar surface area (TPSA) is 55.9 Å². The zero-order chi connectivity index (χ0) is 21.5. The maximum absolute atomic E-state index is 12.6. The van der Waals surface area contributed by atoms with Crippen molar-refractivity contribution in [1.82, 2.24) is 14.7 Å². The molecule has 2 aromatic carbocycles. The average molecular weight is 429 g/mol. The number of hydrogen-bond acceptors (Lipinski definition) is 4. The highest BCUT2D eigenvalue weighted by Crippen LogP contribution is 2.20. The minimum atomic E-state index is -0.193. The number of halogens is 1. The van der Waals surface area contributed by atoms with Crippen LogP contribution in [-0.2, 0) is 16.1 Å². The molecule has 1 heterocycles. The summed E-state index contributed by atoms with van der Waals surface area (Å²) in [6, 6.07) is 15.6. The molecule has 1 saturated heterocycles. The number of piperazine rings is 1. The Hall–Kier alpha value is -2.41. The average Bonchev–Trinajstić information content (AvgIpc) is 2.70. The maximum atomic E-state index is 12.6. The van der Waals surface area contributed by atoms with Gasteiger partial charge in [-0.05, 0) is 31.7 Å². The van der Waals surface area contributed by atoms with E-state index in [1.54, 1.807) is 24.1 Å². The molecule has 0 spiro atoms. The number of rotatable bonds is 7. The van der Waals surface area contributed by atoms with Gasteiger partial charge in [0.05, 0.1) is 23.8 Å². The van der Waals surface area contributed by atoms with Crippen LogP contribution >= 0.6 is 11.6 Å². The van der Waals surface area contributed by atoms with Crippen molar-refractivity contribution in [3.63, 3.8) is 0 Å². The molecule has 3 rings (SSSR count). The van der Waals surface area contributed by atoms with E-state index in [-0.39, 0.29) is 24.9 Å². The molecule has 2 amide bonds. The van der Waals surface area contributed by atoms with E-state index in [1.165, 1.54) is 11.1 Å². The van der Waals surface area contributed by atoms with Crippen LogP contribution in [0.1, 0.15) is 11.1 Å². The number of carbonyl (C=O) groups excluding carboxylic acids is 2. The van der Waals surface area contributed by atoms with Gasteiger partial charge in [-0.25, -0.2) is 0 Å². The molecule has 1 aliphatic rings. The van der Waals surface area contributed by atoms with E-state index in [0.29, 0.717) is 23.8 Å². The summed E-state index contributed by atoms with van der Waals surface area (Å²) >= 11 is 6.07. The van der Waals surface area contributed by atoms with Gasteiger partial charge in [0, 0.05) is 32.7 Å². The molecule has 0 saturated carbocycles. The van der Waals surface area contributed by atoms with Crippen molar-refractivity contribution in [2.75, 3.05) is 51.6 Å². The number of carbonyl (C=O) groups is 2. The van der Waals surface area contributed by atoms with Gasteiger partial charge in [0.15, 0.2) is 0 Å². The van der Waals surface area contributed by atoms with Crippen molar-refractivity contribution in [2.24, 2.45) is 0 Å². The third-order valence-corrected chi connectivity index (χ3v) is 5.51. The molecule has 1 aliphatic heterocycles. The van der Waals surface area contributed by atoms with Crippen molar-refractivity contribution in [3.8, 4) is 0 Å². The highest BCUT2D eigenvalue weighted by molar-refractivity contribution is 6.33. The Labute approximate surface area is 183 Å². The monoisotopic (exact) mass is 428 g/mol. The van der Waals surface area contributed by atoms with Gasteiger partial charge in [-0.1, -0.05) is 53.6 Å². The first-order valence-corrected chi connectivity index (χ1v) is 10.6. The highest BCUT2D eigenvalue weighted by atomic mass is 35.5. The highest BCUT2D eigenvalue weighted by Gasteiger charge is 2.22. The van der Waals surface area contributed by atoms with E-state index >= 15 is 0 Å². The number of benzene rings is 2. The van der Waals surface area contributed by atoms with Crippen molar-refractivity contribution < 1.29 is 9.59 Å². The van der Waals surface area contributed by atoms with Crippen LogP contribution in [0.4, 0.5) is 5.69 Å². The number of nitrogens with zero attached hydrogens (tertiary/aromatic N) is 3. The zero-order valence-electron chi connectivity index (χ0n) is 17.6. The molecule has 0 aromatic heterocycles. The molecule has 1 fully saturated rings. The fourth-order valence-corrected chi connectivity index (χ4v) is 3.79. The lowest BCUT2D eigenvalue weighted by molar-refractivity contribution is -0.134. The second-order valence-corrected chi connectivity index (χ2v) is 8.25. The second kappa shape index (κ2) is 10.6. The minimum Gasteiger partial charge on any atom is -0.339 e.